The molecule has 0 saturated heterocycles. The molecule has 0 aliphatic rings. The molecule has 17 heavy (non-hydrogen) atoms. The standard InChI is InChI=1S/C11H12N6/c1-16(11-13-14-15-17(11)2)8-10-5-3-4-9(6-10)7-12/h3-6H,8H2,1-2H3. The van der Waals surface area contributed by atoms with E-state index in [1.807, 2.05) is 30.1 Å². The molecule has 0 bridgehead atoms. The van der Waals surface area contributed by atoms with Crippen LogP contribution < -0.4 is 4.90 Å². The minimum atomic E-state index is 0.656. The molecule has 0 unspecified atom stereocenters. The van der Waals surface area contributed by atoms with Crippen LogP contribution in [0.1, 0.15) is 11.1 Å². The van der Waals surface area contributed by atoms with Crippen molar-refractivity contribution in [1.29, 1.82) is 5.26 Å². The Bertz CT molecular complexity index is 553. The van der Waals surface area contributed by atoms with Gasteiger partial charge in [0.25, 0.3) is 0 Å². The molecular weight excluding hydrogens is 216 g/mol. The van der Waals surface area contributed by atoms with Gasteiger partial charge in [0.15, 0.2) is 0 Å². The molecule has 0 amide bonds. The molecule has 0 spiro atoms. The molecule has 0 fully saturated rings. The van der Waals surface area contributed by atoms with E-state index < -0.39 is 0 Å². The van der Waals surface area contributed by atoms with Crippen molar-refractivity contribution in [3.05, 3.63) is 35.4 Å². The Labute approximate surface area is 99.1 Å². The van der Waals surface area contributed by atoms with Gasteiger partial charge in [-0.3, -0.25) is 0 Å². The van der Waals surface area contributed by atoms with Crippen molar-refractivity contribution in [2.24, 2.45) is 7.05 Å². The van der Waals surface area contributed by atoms with Gasteiger partial charge in [0, 0.05) is 20.6 Å². The summed E-state index contributed by atoms with van der Waals surface area (Å²) in [6.07, 6.45) is 0. The molecule has 0 N–H and O–H groups in total. The molecule has 2 rings (SSSR count). The Morgan fingerprint density at radius 2 is 2.29 bits per heavy atom. The molecule has 0 saturated carbocycles. The van der Waals surface area contributed by atoms with Gasteiger partial charge in [0.2, 0.25) is 5.95 Å². The van der Waals surface area contributed by atoms with E-state index in [0.717, 1.165) is 5.56 Å². The molecule has 2 aromatic rings. The summed E-state index contributed by atoms with van der Waals surface area (Å²) in [6.45, 7) is 0.656. The first kappa shape index (κ1) is 11.1. The van der Waals surface area contributed by atoms with E-state index in [-0.39, 0.29) is 0 Å². The van der Waals surface area contributed by atoms with Crippen LogP contribution in [0.3, 0.4) is 0 Å². The highest BCUT2D eigenvalue weighted by molar-refractivity contribution is 5.35. The Kier molecular flexibility index (Phi) is 3.01. The molecule has 1 aromatic heterocycles. The van der Waals surface area contributed by atoms with Crippen LogP contribution in [-0.2, 0) is 13.6 Å². The molecule has 0 aliphatic carbocycles. The number of benzene rings is 1. The predicted molar refractivity (Wildman–Crippen MR) is 62.1 cm³/mol. The lowest BCUT2D eigenvalue weighted by molar-refractivity contribution is 0.696. The maximum absolute atomic E-state index is 8.82. The number of nitriles is 1. The first-order valence-corrected chi connectivity index (χ1v) is 5.13. The number of aromatic nitrogens is 4. The van der Waals surface area contributed by atoms with Crippen LogP contribution in [-0.4, -0.2) is 27.3 Å². The molecule has 1 heterocycles. The summed E-state index contributed by atoms with van der Waals surface area (Å²) in [5.74, 6) is 0.687. The fraction of sp³-hybridized carbons (Fsp3) is 0.273. The van der Waals surface area contributed by atoms with Crippen LogP contribution >= 0.6 is 0 Å². The zero-order valence-electron chi connectivity index (χ0n) is 9.70. The van der Waals surface area contributed by atoms with Gasteiger partial charge in [-0.1, -0.05) is 17.2 Å². The van der Waals surface area contributed by atoms with Crippen LogP contribution in [0.5, 0.6) is 0 Å². The lowest BCUT2D eigenvalue weighted by Gasteiger charge is -2.16. The number of nitrogens with zero attached hydrogens (tertiary/aromatic N) is 6. The lowest BCUT2D eigenvalue weighted by atomic mass is 10.1. The third kappa shape index (κ3) is 2.39. The van der Waals surface area contributed by atoms with E-state index in [0.29, 0.717) is 18.1 Å². The zero-order chi connectivity index (χ0) is 12.3. The van der Waals surface area contributed by atoms with Gasteiger partial charge in [-0.2, -0.15) is 5.26 Å². The second-order valence-corrected chi connectivity index (χ2v) is 3.77. The average molecular weight is 228 g/mol. The smallest absolute Gasteiger partial charge is 0.245 e. The summed E-state index contributed by atoms with van der Waals surface area (Å²) < 4.78 is 1.61. The Morgan fingerprint density at radius 3 is 2.94 bits per heavy atom. The molecule has 0 atom stereocenters. The van der Waals surface area contributed by atoms with Gasteiger partial charge >= 0.3 is 0 Å². The van der Waals surface area contributed by atoms with Crippen LogP contribution in [0.15, 0.2) is 24.3 Å². The van der Waals surface area contributed by atoms with E-state index in [1.54, 1.807) is 17.8 Å². The number of hydrogen-bond acceptors (Lipinski definition) is 5. The normalized spacial score (nSPS) is 9.94. The number of aryl methyl sites for hydroxylation is 1. The summed E-state index contributed by atoms with van der Waals surface area (Å²) in [7, 11) is 3.70. The highest BCUT2D eigenvalue weighted by Gasteiger charge is 2.08. The molecule has 6 heteroatoms. The van der Waals surface area contributed by atoms with Crippen LogP contribution in [0.25, 0.3) is 0 Å². The van der Waals surface area contributed by atoms with Crippen molar-refractivity contribution < 1.29 is 0 Å². The zero-order valence-corrected chi connectivity index (χ0v) is 9.70. The topological polar surface area (TPSA) is 70.6 Å². The third-order valence-electron chi connectivity index (χ3n) is 2.42. The van der Waals surface area contributed by atoms with Gasteiger partial charge in [0.1, 0.15) is 0 Å². The second kappa shape index (κ2) is 4.61. The maximum Gasteiger partial charge on any atom is 0.245 e. The number of anilines is 1. The van der Waals surface area contributed by atoms with Crippen LogP contribution in [0.2, 0.25) is 0 Å². The summed E-state index contributed by atoms with van der Waals surface area (Å²) in [5.41, 5.74) is 1.71. The van der Waals surface area contributed by atoms with Crippen molar-refractivity contribution in [2.45, 2.75) is 6.54 Å². The second-order valence-electron chi connectivity index (χ2n) is 3.77. The van der Waals surface area contributed by atoms with E-state index in [4.69, 9.17) is 5.26 Å². The van der Waals surface area contributed by atoms with Crippen molar-refractivity contribution >= 4 is 5.95 Å². The van der Waals surface area contributed by atoms with E-state index in [9.17, 15) is 0 Å². The number of tetrazole rings is 1. The molecular formula is C11H12N6. The lowest BCUT2D eigenvalue weighted by Crippen LogP contribution is -2.20. The summed E-state index contributed by atoms with van der Waals surface area (Å²) in [4.78, 5) is 1.93. The quantitative estimate of drug-likeness (QED) is 0.774. The first-order valence-electron chi connectivity index (χ1n) is 5.13. The molecule has 0 radical (unpaired) electrons. The minimum absolute atomic E-state index is 0.656. The van der Waals surface area contributed by atoms with Gasteiger partial charge in [-0.05, 0) is 28.1 Å². The molecule has 0 aliphatic heterocycles. The Morgan fingerprint density at radius 1 is 1.47 bits per heavy atom. The van der Waals surface area contributed by atoms with Crippen LogP contribution in [0.4, 0.5) is 5.95 Å². The van der Waals surface area contributed by atoms with E-state index in [1.165, 1.54) is 0 Å². The predicted octanol–water partition coefficient (Wildman–Crippen LogP) is 0.718. The van der Waals surface area contributed by atoms with E-state index in [2.05, 4.69) is 21.6 Å². The van der Waals surface area contributed by atoms with Crippen molar-refractivity contribution in [2.75, 3.05) is 11.9 Å². The summed E-state index contributed by atoms with van der Waals surface area (Å²) in [6, 6.07) is 9.61. The van der Waals surface area contributed by atoms with Crippen molar-refractivity contribution in [1.82, 2.24) is 20.2 Å². The van der Waals surface area contributed by atoms with E-state index >= 15 is 0 Å². The van der Waals surface area contributed by atoms with Gasteiger partial charge in [-0.25, -0.2) is 4.68 Å². The van der Waals surface area contributed by atoms with Gasteiger partial charge in [-0.15, -0.1) is 0 Å². The number of hydrogen-bond donors (Lipinski definition) is 0. The molecule has 1 aromatic carbocycles. The largest absolute Gasteiger partial charge is 0.338 e. The average Bonchev–Trinajstić information content (AvgIpc) is 2.76. The van der Waals surface area contributed by atoms with Crippen molar-refractivity contribution in [3.8, 4) is 6.07 Å². The summed E-state index contributed by atoms with van der Waals surface area (Å²) in [5, 5.41) is 20.1. The highest BCUT2D eigenvalue weighted by atomic mass is 15.6. The molecule has 86 valence electrons. The Balaban J connectivity index is 2.16. The third-order valence-corrected chi connectivity index (χ3v) is 2.42. The Hall–Kier alpha value is -2.42. The fourth-order valence-electron chi connectivity index (χ4n) is 1.63. The molecule has 6 nitrogen and oxygen atoms in total. The van der Waals surface area contributed by atoms with Gasteiger partial charge in [0.05, 0.1) is 11.6 Å². The van der Waals surface area contributed by atoms with Crippen LogP contribution in [0, 0.1) is 11.3 Å². The minimum Gasteiger partial charge on any atom is -0.338 e. The monoisotopic (exact) mass is 228 g/mol. The SMILES string of the molecule is CN(Cc1cccc(C#N)c1)c1nnnn1C. The number of rotatable bonds is 3. The first-order chi connectivity index (χ1) is 8.20. The van der Waals surface area contributed by atoms with Gasteiger partial charge < -0.3 is 4.90 Å². The highest BCUT2D eigenvalue weighted by Crippen LogP contribution is 2.11. The van der Waals surface area contributed by atoms with Crippen molar-refractivity contribution in [3.63, 3.8) is 0 Å². The maximum atomic E-state index is 8.82. The fourth-order valence-corrected chi connectivity index (χ4v) is 1.63. The summed E-state index contributed by atoms with van der Waals surface area (Å²) >= 11 is 0.